The van der Waals surface area contributed by atoms with Crippen molar-refractivity contribution in [3.63, 3.8) is 0 Å². The van der Waals surface area contributed by atoms with Gasteiger partial charge in [0.1, 0.15) is 0 Å². The molecule has 1 saturated carbocycles. The number of benzene rings is 1. The van der Waals surface area contributed by atoms with Gasteiger partial charge in [-0.1, -0.05) is 43.2 Å². The van der Waals surface area contributed by atoms with Gasteiger partial charge in [0.15, 0.2) is 0 Å². The van der Waals surface area contributed by atoms with Gasteiger partial charge < -0.3 is 10.2 Å². The fraction of sp³-hybridized carbons (Fsp3) is 0.600. The van der Waals surface area contributed by atoms with E-state index in [0.717, 1.165) is 31.2 Å². The lowest BCUT2D eigenvalue weighted by molar-refractivity contribution is -0.0135. The van der Waals surface area contributed by atoms with E-state index >= 15 is 0 Å². The first-order chi connectivity index (χ1) is 8.68. The van der Waals surface area contributed by atoms with Crippen LogP contribution >= 0.6 is 11.6 Å². The van der Waals surface area contributed by atoms with Gasteiger partial charge in [0, 0.05) is 5.92 Å². The van der Waals surface area contributed by atoms with Crippen molar-refractivity contribution in [1.82, 2.24) is 0 Å². The van der Waals surface area contributed by atoms with Crippen LogP contribution in [0.3, 0.4) is 0 Å². The minimum Gasteiger partial charge on any atom is -0.393 e. The van der Waals surface area contributed by atoms with E-state index < -0.39 is 12.2 Å². The maximum atomic E-state index is 10.3. The van der Waals surface area contributed by atoms with Crippen molar-refractivity contribution in [2.24, 2.45) is 5.92 Å². The van der Waals surface area contributed by atoms with Crippen LogP contribution in [0.5, 0.6) is 0 Å². The summed E-state index contributed by atoms with van der Waals surface area (Å²) < 4.78 is 0. The van der Waals surface area contributed by atoms with Gasteiger partial charge in [-0.3, -0.25) is 0 Å². The van der Waals surface area contributed by atoms with Gasteiger partial charge in [0.05, 0.1) is 17.6 Å². The number of hydrogen-bond acceptors (Lipinski definition) is 2. The number of aliphatic hydroxyl groups is 2. The maximum absolute atomic E-state index is 10.3. The van der Waals surface area contributed by atoms with Crippen molar-refractivity contribution >= 4 is 11.6 Å². The van der Waals surface area contributed by atoms with Crippen LogP contribution in [-0.2, 0) is 6.42 Å². The molecule has 0 aromatic heterocycles. The van der Waals surface area contributed by atoms with E-state index in [0.29, 0.717) is 6.42 Å². The lowest BCUT2D eigenvalue weighted by Crippen LogP contribution is -2.40. The fourth-order valence-corrected chi connectivity index (χ4v) is 3.13. The summed E-state index contributed by atoms with van der Waals surface area (Å²) in [7, 11) is 0. The zero-order chi connectivity index (χ0) is 13.0. The van der Waals surface area contributed by atoms with Gasteiger partial charge in [0.2, 0.25) is 0 Å². The smallest absolute Gasteiger partial charge is 0.0759 e. The second-order valence-electron chi connectivity index (χ2n) is 5.21. The molecule has 1 aromatic carbocycles. The van der Waals surface area contributed by atoms with Crippen LogP contribution in [0.1, 0.15) is 31.2 Å². The van der Waals surface area contributed by atoms with Gasteiger partial charge in [-0.25, -0.2) is 0 Å². The van der Waals surface area contributed by atoms with Gasteiger partial charge in [-0.15, -0.1) is 11.6 Å². The summed E-state index contributed by atoms with van der Waals surface area (Å²) in [5.74, 6) is -0.0648. The third-order valence-corrected chi connectivity index (χ3v) is 4.28. The molecule has 0 heterocycles. The zero-order valence-corrected chi connectivity index (χ0v) is 11.3. The largest absolute Gasteiger partial charge is 0.393 e. The summed E-state index contributed by atoms with van der Waals surface area (Å²) in [6.07, 6.45) is 3.42. The molecule has 0 bridgehead atoms. The molecule has 2 N–H and O–H groups in total. The van der Waals surface area contributed by atoms with Crippen molar-refractivity contribution in [3.05, 3.63) is 35.9 Å². The van der Waals surface area contributed by atoms with Crippen molar-refractivity contribution < 1.29 is 10.2 Å². The lowest BCUT2D eigenvalue weighted by Gasteiger charge is -2.33. The molecule has 1 aliphatic rings. The topological polar surface area (TPSA) is 40.5 Å². The molecule has 3 heteroatoms. The van der Waals surface area contributed by atoms with E-state index in [1.165, 1.54) is 0 Å². The van der Waals surface area contributed by atoms with Gasteiger partial charge in [-0.05, 0) is 24.8 Å². The molecule has 4 atom stereocenters. The van der Waals surface area contributed by atoms with Crippen LogP contribution in [0.2, 0.25) is 0 Å². The molecule has 0 unspecified atom stereocenters. The van der Waals surface area contributed by atoms with Crippen molar-refractivity contribution in [2.75, 3.05) is 0 Å². The van der Waals surface area contributed by atoms with Crippen LogP contribution in [0.25, 0.3) is 0 Å². The van der Waals surface area contributed by atoms with Crippen molar-refractivity contribution in [1.29, 1.82) is 0 Å². The Labute approximate surface area is 114 Å². The van der Waals surface area contributed by atoms with E-state index in [-0.39, 0.29) is 11.3 Å². The van der Waals surface area contributed by atoms with Crippen LogP contribution in [0.4, 0.5) is 0 Å². The summed E-state index contributed by atoms with van der Waals surface area (Å²) in [4.78, 5) is 0. The summed E-state index contributed by atoms with van der Waals surface area (Å²) >= 11 is 6.30. The van der Waals surface area contributed by atoms with Crippen LogP contribution < -0.4 is 0 Å². The Hall–Kier alpha value is -0.570. The molecule has 0 radical (unpaired) electrons. The highest BCUT2D eigenvalue weighted by molar-refractivity contribution is 6.21. The Balaban J connectivity index is 1.93. The number of alkyl halides is 1. The average Bonchev–Trinajstić information content (AvgIpc) is 2.39. The first-order valence-corrected chi connectivity index (χ1v) is 7.16. The Bertz CT molecular complexity index is 355. The number of hydrogen-bond donors (Lipinski definition) is 2. The Morgan fingerprint density at radius 2 is 1.83 bits per heavy atom. The standard InChI is InChI=1S/C15H21ClO2/c16-13(10-11-6-2-1-3-7-11)15(18)12-8-4-5-9-14(12)17/h1-3,6-7,12-15,17-18H,4-5,8-10H2/t12-,13+,14+,15-/m1/s1. The summed E-state index contributed by atoms with van der Waals surface area (Å²) in [5.41, 5.74) is 1.13. The quantitative estimate of drug-likeness (QED) is 0.825. The molecule has 1 fully saturated rings. The third-order valence-electron chi connectivity index (χ3n) is 3.86. The van der Waals surface area contributed by atoms with E-state index in [1.54, 1.807) is 0 Å². The van der Waals surface area contributed by atoms with Gasteiger partial charge in [-0.2, -0.15) is 0 Å². The number of rotatable bonds is 4. The van der Waals surface area contributed by atoms with Crippen LogP contribution in [-0.4, -0.2) is 27.8 Å². The average molecular weight is 269 g/mol. The monoisotopic (exact) mass is 268 g/mol. The highest BCUT2D eigenvalue weighted by Crippen LogP contribution is 2.30. The molecule has 1 aliphatic carbocycles. The summed E-state index contributed by atoms with van der Waals surface area (Å²) in [6, 6.07) is 9.94. The molecule has 0 spiro atoms. The molecule has 2 nitrogen and oxygen atoms in total. The Kier molecular flexibility index (Phi) is 5.04. The van der Waals surface area contributed by atoms with Crippen molar-refractivity contribution in [2.45, 2.75) is 49.7 Å². The van der Waals surface area contributed by atoms with E-state index in [9.17, 15) is 10.2 Å². The molecular weight excluding hydrogens is 248 g/mol. The molecular formula is C15H21ClO2. The highest BCUT2D eigenvalue weighted by Gasteiger charge is 2.33. The van der Waals surface area contributed by atoms with E-state index in [4.69, 9.17) is 11.6 Å². The minimum absolute atomic E-state index is 0.0648. The van der Waals surface area contributed by atoms with Crippen LogP contribution in [0, 0.1) is 5.92 Å². The minimum atomic E-state index is -0.623. The SMILES string of the molecule is O[C@H]([C@@H]1CCCC[C@@H]1O)[C@@H](Cl)Cc1ccccc1. The first-order valence-electron chi connectivity index (χ1n) is 6.72. The van der Waals surface area contributed by atoms with E-state index in [2.05, 4.69) is 0 Å². The fourth-order valence-electron chi connectivity index (χ4n) is 2.77. The van der Waals surface area contributed by atoms with Crippen LogP contribution in [0.15, 0.2) is 30.3 Å². The molecule has 18 heavy (non-hydrogen) atoms. The van der Waals surface area contributed by atoms with Gasteiger partial charge in [0.25, 0.3) is 0 Å². The molecule has 1 aromatic rings. The number of aliphatic hydroxyl groups excluding tert-OH is 2. The normalized spacial score (nSPS) is 27.7. The Morgan fingerprint density at radius 1 is 1.17 bits per heavy atom. The molecule has 0 saturated heterocycles. The second kappa shape index (κ2) is 6.55. The second-order valence-corrected chi connectivity index (χ2v) is 5.77. The predicted molar refractivity (Wildman–Crippen MR) is 73.8 cm³/mol. The zero-order valence-electron chi connectivity index (χ0n) is 10.5. The summed E-state index contributed by atoms with van der Waals surface area (Å²) in [6.45, 7) is 0. The Morgan fingerprint density at radius 3 is 2.50 bits per heavy atom. The molecule has 0 aliphatic heterocycles. The van der Waals surface area contributed by atoms with Gasteiger partial charge >= 0.3 is 0 Å². The number of halogens is 1. The molecule has 2 rings (SSSR count). The van der Waals surface area contributed by atoms with Crippen molar-refractivity contribution in [3.8, 4) is 0 Å². The predicted octanol–water partition coefficient (Wildman–Crippen LogP) is 2.75. The molecule has 100 valence electrons. The maximum Gasteiger partial charge on any atom is 0.0759 e. The summed E-state index contributed by atoms with van der Waals surface area (Å²) in [5, 5.41) is 19.9. The lowest BCUT2D eigenvalue weighted by atomic mass is 9.81. The third kappa shape index (κ3) is 3.47. The van der Waals surface area contributed by atoms with E-state index in [1.807, 2.05) is 30.3 Å². The highest BCUT2D eigenvalue weighted by atomic mass is 35.5. The first kappa shape index (κ1) is 13.9. The molecule has 0 amide bonds.